The quantitative estimate of drug-likeness (QED) is 0.781. The SMILES string of the molecule is Cn1cc(Nc2cccc(CN)n2)cn1. The zero-order valence-corrected chi connectivity index (χ0v) is 8.51. The minimum absolute atomic E-state index is 0.447. The molecule has 2 aromatic rings. The average molecular weight is 203 g/mol. The van der Waals surface area contributed by atoms with Crippen LogP contribution in [0.15, 0.2) is 30.6 Å². The molecule has 0 aromatic carbocycles. The molecule has 0 saturated heterocycles. The highest BCUT2D eigenvalue weighted by atomic mass is 15.3. The molecule has 5 nitrogen and oxygen atoms in total. The van der Waals surface area contributed by atoms with Gasteiger partial charge in [0.25, 0.3) is 0 Å². The molecule has 2 rings (SSSR count). The molecule has 78 valence electrons. The molecule has 0 bridgehead atoms. The van der Waals surface area contributed by atoms with Gasteiger partial charge in [0.1, 0.15) is 5.82 Å². The van der Waals surface area contributed by atoms with Gasteiger partial charge in [-0.25, -0.2) is 4.98 Å². The second-order valence-corrected chi connectivity index (χ2v) is 3.25. The van der Waals surface area contributed by atoms with Gasteiger partial charge in [-0.15, -0.1) is 0 Å². The normalized spacial score (nSPS) is 10.3. The summed E-state index contributed by atoms with van der Waals surface area (Å²) in [5.41, 5.74) is 7.29. The predicted octanol–water partition coefficient (Wildman–Crippen LogP) is 1.02. The zero-order valence-electron chi connectivity index (χ0n) is 8.51. The lowest BCUT2D eigenvalue weighted by atomic mass is 10.3. The largest absolute Gasteiger partial charge is 0.338 e. The first-order valence-corrected chi connectivity index (χ1v) is 4.69. The molecule has 2 heterocycles. The number of hydrogen-bond donors (Lipinski definition) is 2. The highest BCUT2D eigenvalue weighted by Crippen LogP contribution is 2.12. The van der Waals surface area contributed by atoms with E-state index in [9.17, 15) is 0 Å². The van der Waals surface area contributed by atoms with Crippen molar-refractivity contribution in [2.45, 2.75) is 6.54 Å². The van der Waals surface area contributed by atoms with E-state index in [0.29, 0.717) is 6.54 Å². The first-order valence-electron chi connectivity index (χ1n) is 4.69. The van der Waals surface area contributed by atoms with Crippen LogP contribution in [-0.2, 0) is 13.6 Å². The fourth-order valence-electron chi connectivity index (χ4n) is 1.30. The summed E-state index contributed by atoms with van der Waals surface area (Å²) >= 11 is 0. The minimum Gasteiger partial charge on any atom is -0.338 e. The number of nitrogens with one attached hydrogen (secondary N) is 1. The summed E-state index contributed by atoms with van der Waals surface area (Å²) in [7, 11) is 1.87. The van der Waals surface area contributed by atoms with E-state index in [1.165, 1.54) is 0 Å². The highest BCUT2D eigenvalue weighted by molar-refractivity contribution is 5.53. The average Bonchev–Trinajstić information content (AvgIpc) is 2.64. The van der Waals surface area contributed by atoms with Crippen LogP contribution in [-0.4, -0.2) is 14.8 Å². The van der Waals surface area contributed by atoms with Crippen LogP contribution in [0.5, 0.6) is 0 Å². The van der Waals surface area contributed by atoms with Crippen LogP contribution in [0.1, 0.15) is 5.69 Å². The van der Waals surface area contributed by atoms with Crippen LogP contribution in [0.25, 0.3) is 0 Å². The lowest BCUT2D eigenvalue weighted by molar-refractivity contribution is 0.768. The maximum Gasteiger partial charge on any atom is 0.130 e. The van der Waals surface area contributed by atoms with Gasteiger partial charge < -0.3 is 11.1 Å². The molecule has 2 aromatic heterocycles. The van der Waals surface area contributed by atoms with E-state index in [4.69, 9.17) is 5.73 Å². The Hall–Kier alpha value is -1.88. The second-order valence-electron chi connectivity index (χ2n) is 3.25. The molecule has 0 aliphatic heterocycles. The number of nitrogens with zero attached hydrogens (tertiary/aromatic N) is 3. The summed E-state index contributed by atoms with van der Waals surface area (Å²) in [4.78, 5) is 4.32. The molecule has 0 radical (unpaired) electrons. The van der Waals surface area contributed by atoms with Crippen molar-refractivity contribution < 1.29 is 0 Å². The van der Waals surface area contributed by atoms with Gasteiger partial charge in [-0.1, -0.05) is 6.07 Å². The molecular weight excluding hydrogens is 190 g/mol. The first kappa shape index (κ1) is 9.67. The van der Waals surface area contributed by atoms with E-state index in [1.807, 2.05) is 31.4 Å². The Balaban J connectivity index is 2.16. The Bertz CT molecular complexity index is 449. The van der Waals surface area contributed by atoms with Crippen LogP contribution < -0.4 is 11.1 Å². The van der Waals surface area contributed by atoms with Crippen molar-refractivity contribution in [2.24, 2.45) is 12.8 Å². The number of hydrogen-bond acceptors (Lipinski definition) is 4. The Morgan fingerprint density at radius 3 is 3.00 bits per heavy atom. The summed E-state index contributed by atoms with van der Waals surface area (Å²) in [6, 6.07) is 5.72. The van der Waals surface area contributed by atoms with Gasteiger partial charge in [0.2, 0.25) is 0 Å². The van der Waals surface area contributed by atoms with E-state index < -0.39 is 0 Å². The van der Waals surface area contributed by atoms with E-state index in [2.05, 4.69) is 15.4 Å². The van der Waals surface area contributed by atoms with Crippen LogP contribution in [0, 0.1) is 0 Å². The third-order valence-corrected chi connectivity index (χ3v) is 1.99. The molecule has 0 atom stereocenters. The van der Waals surface area contributed by atoms with Gasteiger partial charge in [0, 0.05) is 19.8 Å². The fraction of sp³-hybridized carbons (Fsp3) is 0.200. The molecule has 0 amide bonds. The number of anilines is 2. The van der Waals surface area contributed by atoms with Crippen molar-refractivity contribution in [3.63, 3.8) is 0 Å². The summed E-state index contributed by atoms with van der Waals surface area (Å²) in [5.74, 6) is 0.783. The van der Waals surface area contributed by atoms with Crippen LogP contribution in [0.4, 0.5) is 11.5 Å². The van der Waals surface area contributed by atoms with Gasteiger partial charge >= 0.3 is 0 Å². The molecule has 0 spiro atoms. The Morgan fingerprint density at radius 2 is 2.33 bits per heavy atom. The number of nitrogens with two attached hydrogens (primary N) is 1. The number of rotatable bonds is 3. The molecule has 5 heteroatoms. The number of aryl methyl sites for hydroxylation is 1. The predicted molar refractivity (Wildman–Crippen MR) is 58.6 cm³/mol. The minimum atomic E-state index is 0.447. The fourth-order valence-corrected chi connectivity index (χ4v) is 1.30. The Labute approximate surface area is 87.9 Å². The summed E-state index contributed by atoms with van der Waals surface area (Å²) < 4.78 is 1.73. The first-order chi connectivity index (χ1) is 7.28. The molecular formula is C10H13N5. The van der Waals surface area contributed by atoms with E-state index in [-0.39, 0.29) is 0 Å². The number of pyridine rings is 1. The van der Waals surface area contributed by atoms with Gasteiger partial charge in [0.05, 0.1) is 17.6 Å². The molecule has 0 aliphatic rings. The molecule has 0 saturated carbocycles. The lowest BCUT2D eigenvalue weighted by Gasteiger charge is -2.03. The summed E-state index contributed by atoms with van der Waals surface area (Å²) in [6.07, 6.45) is 3.63. The molecule has 0 aliphatic carbocycles. The summed E-state index contributed by atoms with van der Waals surface area (Å²) in [5, 5.41) is 7.21. The third kappa shape index (κ3) is 2.32. The van der Waals surface area contributed by atoms with Crippen molar-refractivity contribution in [3.05, 3.63) is 36.3 Å². The van der Waals surface area contributed by atoms with Gasteiger partial charge in [-0.3, -0.25) is 4.68 Å². The van der Waals surface area contributed by atoms with Crippen molar-refractivity contribution in [3.8, 4) is 0 Å². The van der Waals surface area contributed by atoms with Crippen LogP contribution in [0.3, 0.4) is 0 Å². The van der Waals surface area contributed by atoms with Gasteiger partial charge in [-0.05, 0) is 12.1 Å². The van der Waals surface area contributed by atoms with Crippen molar-refractivity contribution >= 4 is 11.5 Å². The Morgan fingerprint density at radius 1 is 1.47 bits per heavy atom. The lowest BCUT2D eigenvalue weighted by Crippen LogP contribution is -2.01. The topological polar surface area (TPSA) is 68.8 Å². The van der Waals surface area contributed by atoms with E-state index >= 15 is 0 Å². The van der Waals surface area contributed by atoms with Gasteiger partial charge in [-0.2, -0.15) is 5.10 Å². The second kappa shape index (κ2) is 4.10. The monoisotopic (exact) mass is 203 g/mol. The smallest absolute Gasteiger partial charge is 0.130 e. The van der Waals surface area contributed by atoms with Crippen LogP contribution >= 0.6 is 0 Å². The van der Waals surface area contributed by atoms with Crippen molar-refractivity contribution in [1.29, 1.82) is 0 Å². The third-order valence-electron chi connectivity index (χ3n) is 1.99. The Kier molecular flexibility index (Phi) is 2.64. The van der Waals surface area contributed by atoms with E-state index in [1.54, 1.807) is 10.9 Å². The molecule has 0 fully saturated rings. The van der Waals surface area contributed by atoms with Gasteiger partial charge in [0.15, 0.2) is 0 Å². The van der Waals surface area contributed by atoms with E-state index in [0.717, 1.165) is 17.2 Å². The van der Waals surface area contributed by atoms with Crippen molar-refractivity contribution in [2.75, 3.05) is 5.32 Å². The molecule has 3 N–H and O–H groups in total. The maximum atomic E-state index is 5.51. The van der Waals surface area contributed by atoms with Crippen LogP contribution in [0.2, 0.25) is 0 Å². The number of aromatic nitrogens is 3. The van der Waals surface area contributed by atoms with Crippen molar-refractivity contribution in [1.82, 2.24) is 14.8 Å². The molecule has 0 unspecified atom stereocenters. The summed E-state index contributed by atoms with van der Waals surface area (Å²) in [6.45, 7) is 0.447. The standard InChI is InChI=1S/C10H13N5/c1-15-7-9(6-12-15)14-10-4-2-3-8(5-11)13-10/h2-4,6-7H,5,11H2,1H3,(H,13,14). The maximum absolute atomic E-state index is 5.51. The molecule has 15 heavy (non-hydrogen) atoms. The highest BCUT2D eigenvalue weighted by Gasteiger charge is 1.98. The zero-order chi connectivity index (χ0) is 10.7.